The Kier molecular flexibility index (Phi) is 3.69. The minimum Gasteiger partial charge on any atom is -0.303 e. The van der Waals surface area contributed by atoms with Crippen molar-refractivity contribution in [2.45, 2.75) is 77.3 Å². The smallest absolute Gasteiger partial charge is 0.113 e. The zero-order chi connectivity index (χ0) is 13.5. The maximum Gasteiger partial charge on any atom is 0.113 e. The standard InChI is InChI=1S/C16H26N2S/c1-4-13-6-5-9-16(10-13,18-14-7-8-14)15-17-11(2)12(3)19-15/h13-14,18H,4-10H2,1-3H3. The summed E-state index contributed by atoms with van der Waals surface area (Å²) >= 11 is 1.93. The Morgan fingerprint density at radius 3 is 2.68 bits per heavy atom. The lowest BCUT2D eigenvalue weighted by molar-refractivity contribution is 0.172. The number of aromatic nitrogens is 1. The van der Waals surface area contributed by atoms with Crippen LogP contribution in [0.4, 0.5) is 0 Å². The van der Waals surface area contributed by atoms with E-state index in [1.807, 2.05) is 11.3 Å². The molecule has 3 heteroatoms. The Bertz CT molecular complexity index is 430. The van der Waals surface area contributed by atoms with Crippen molar-refractivity contribution >= 4 is 11.3 Å². The molecule has 19 heavy (non-hydrogen) atoms. The highest BCUT2D eigenvalue weighted by Gasteiger charge is 2.43. The third kappa shape index (κ3) is 2.73. The molecule has 0 amide bonds. The molecule has 0 radical (unpaired) electrons. The third-order valence-corrected chi connectivity index (χ3v) is 6.20. The molecule has 2 fully saturated rings. The zero-order valence-electron chi connectivity index (χ0n) is 12.5. The fraction of sp³-hybridized carbons (Fsp3) is 0.812. The van der Waals surface area contributed by atoms with E-state index in [2.05, 4.69) is 26.1 Å². The quantitative estimate of drug-likeness (QED) is 0.888. The highest BCUT2D eigenvalue weighted by molar-refractivity contribution is 7.11. The lowest BCUT2D eigenvalue weighted by Gasteiger charge is -2.40. The number of aryl methyl sites for hydroxylation is 2. The highest BCUT2D eigenvalue weighted by Crippen LogP contribution is 2.44. The van der Waals surface area contributed by atoms with E-state index in [-0.39, 0.29) is 5.54 Å². The predicted octanol–water partition coefficient (Wildman–Crippen LogP) is 4.31. The molecule has 106 valence electrons. The molecule has 2 aliphatic rings. The predicted molar refractivity (Wildman–Crippen MR) is 81.7 cm³/mol. The van der Waals surface area contributed by atoms with E-state index in [4.69, 9.17) is 4.98 Å². The second-order valence-electron chi connectivity index (χ2n) is 6.53. The summed E-state index contributed by atoms with van der Waals surface area (Å²) in [5.41, 5.74) is 1.43. The molecule has 2 unspecified atom stereocenters. The van der Waals surface area contributed by atoms with E-state index in [9.17, 15) is 0 Å². The first-order valence-electron chi connectivity index (χ1n) is 7.85. The Labute approximate surface area is 121 Å². The minimum atomic E-state index is 0.198. The maximum absolute atomic E-state index is 4.91. The van der Waals surface area contributed by atoms with Gasteiger partial charge >= 0.3 is 0 Å². The van der Waals surface area contributed by atoms with Crippen LogP contribution < -0.4 is 5.32 Å². The van der Waals surface area contributed by atoms with Crippen molar-refractivity contribution in [3.63, 3.8) is 0 Å². The molecule has 1 N–H and O–H groups in total. The van der Waals surface area contributed by atoms with E-state index < -0.39 is 0 Å². The summed E-state index contributed by atoms with van der Waals surface area (Å²) in [7, 11) is 0. The molecule has 0 aromatic carbocycles. The van der Waals surface area contributed by atoms with Gasteiger partial charge < -0.3 is 5.32 Å². The molecule has 1 heterocycles. The number of hydrogen-bond acceptors (Lipinski definition) is 3. The molecule has 0 aliphatic heterocycles. The first-order chi connectivity index (χ1) is 9.13. The van der Waals surface area contributed by atoms with Gasteiger partial charge in [0.2, 0.25) is 0 Å². The SMILES string of the molecule is CCC1CCCC(NC2CC2)(c2nc(C)c(C)s2)C1. The number of nitrogens with zero attached hydrogens (tertiary/aromatic N) is 1. The van der Waals surface area contributed by atoms with Crippen LogP contribution in [0.15, 0.2) is 0 Å². The summed E-state index contributed by atoms with van der Waals surface area (Å²) < 4.78 is 0. The number of nitrogens with one attached hydrogen (secondary N) is 1. The average Bonchev–Trinajstić information content (AvgIpc) is 3.15. The Morgan fingerprint density at radius 1 is 1.32 bits per heavy atom. The van der Waals surface area contributed by atoms with Crippen molar-refractivity contribution in [1.82, 2.24) is 10.3 Å². The molecule has 1 aromatic rings. The van der Waals surface area contributed by atoms with Crippen molar-refractivity contribution in [3.8, 4) is 0 Å². The molecular formula is C16H26N2S. The van der Waals surface area contributed by atoms with Gasteiger partial charge in [0, 0.05) is 10.9 Å². The molecule has 0 spiro atoms. The molecular weight excluding hydrogens is 252 g/mol. The van der Waals surface area contributed by atoms with Crippen molar-refractivity contribution in [2.24, 2.45) is 5.92 Å². The van der Waals surface area contributed by atoms with Crippen LogP contribution in [0.5, 0.6) is 0 Å². The van der Waals surface area contributed by atoms with Gasteiger partial charge in [-0.1, -0.05) is 26.2 Å². The fourth-order valence-electron chi connectivity index (χ4n) is 3.42. The number of rotatable bonds is 4. The summed E-state index contributed by atoms with van der Waals surface area (Å²) in [6.07, 6.45) is 9.39. The van der Waals surface area contributed by atoms with Crippen molar-refractivity contribution in [1.29, 1.82) is 0 Å². The molecule has 3 rings (SSSR count). The molecule has 2 saturated carbocycles. The van der Waals surface area contributed by atoms with Crippen molar-refractivity contribution in [2.75, 3.05) is 0 Å². The van der Waals surface area contributed by atoms with E-state index in [1.165, 1.54) is 60.5 Å². The third-order valence-electron chi connectivity index (χ3n) is 4.93. The first kappa shape index (κ1) is 13.6. The van der Waals surface area contributed by atoms with Crippen LogP contribution in [0.2, 0.25) is 0 Å². The van der Waals surface area contributed by atoms with Gasteiger partial charge in [0.25, 0.3) is 0 Å². The number of thiazole rings is 1. The van der Waals surface area contributed by atoms with Crippen LogP contribution in [0.25, 0.3) is 0 Å². The molecule has 2 atom stereocenters. The van der Waals surface area contributed by atoms with Crippen LogP contribution in [0.1, 0.15) is 67.4 Å². The lowest BCUT2D eigenvalue weighted by Crippen LogP contribution is -2.47. The summed E-state index contributed by atoms with van der Waals surface area (Å²) in [5, 5.41) is 5.34. The van der Waals surface area contributed by atoms with Gasteiger partial charge in [-0.3, -0.25) is 0 Å². The normalized spacial score (nSPS) is 31.6. The second-order valence-corrected chi connectivity index (χ2v) is 7.74. The Hall–Kier alpha value is -0.410. The average molecular weight is 278 g/mol. The molecule has 0 saturated heterocycles. The fourth-order valence-corrected chi connectivity index (χ4v) is 4.53. The van der Waals surface area contributed by atoms with Crippen LogP contribution in [-0.2, 0) is 5.54 Å². The first-order valence-corrected chi connectivity index (χ1v) is 8.67. The number of hydrogen-bond donors (Lipinski definition) is 1. The zero-order valence-corrected chi connectivity index (χ0v) is 13.3. The highest BCUT2D eigenvalue weighted by atomic mass is 32.1. The van der Waals surface area contributed by atoms with Gasteiger partial charge in [-0.25, -0.2) is 4.98 Å². The van der Waals surface area contributed by atoms with Gasteiger partial charge in [0.15, 0.2) is 0 Å². The summed E-state index contributed by atoms with van der Waals surface area (Å²) in [6, 6.07) is 0.764. The largest absolute Gasteiger partial charge is 0.303 e. The van der Waals surface area contributed by atoms with E-state index in [0.29, 0.717) is 0 Å². The summed E-state index contributed by atoms with van der Waals surface area (Å²) in [4.78, 5) is 6.31. The van der Waals surface area contributed by atoms with Crippen molar-refractivity contribution in [3.05, 3.63) is 15.6 Å². The van der Waals surface area contributed by atoms with E-state index in [0.717, 1.165) is 12.0 Å². The van der Waals surface area contributed by atoms with Gasteiger partial charge in [0.05, 0.1) is 11.2 Å². The van der Waals surface area contributed by atoms with Crippen LogP contribution in [0, 0.1) is 19.8 Å². The Balaban J connectivity index is 1.90. The van der Waals surface area contributed by atoms with Crippen LogP contribution >= 0.6 is 11.3 Å². The maximum atomic E-state index is 4.91. The molecule has 0 bridgehead atoms. The summed E-state index contributed by atoms with van der Waals surface area (Å²) in [6.45, 7) is 6.71. The molecule has 2 aliphatic carbocycles. The molecule has 1 aromatic heterocycles. The Morgan fingerprint density at radius 2 is 2.11 bits per heavy atom. The second kappa shape index (κ2) is 5.17. The summed E-state index contributed by atoms with van der Waals surface area (Å²) in [5.74, 6) is 0.879. The van der Waals surface area contributed by atoms with Crippen LogP contribution in [-0.4, -0.2) is 11.0 Å². The lowest BCUT2D eigenvalue weighted by atomic mass is 9.75. The monoisotopic (exact) mass is 278 g/mol. The van der Waals surface area contributed by atoms with Gasteiger partial charge in [-0.2, -0.15) is 0 Å². The van der Waals surface area contributed by atoms with Gasteiger partial charge in [-0.15, -0.1) is 11.3 Å². The van der Waals surface area contributed by atoms with E-state index in [1.54, 1.807) is 0 Å². The molecule has 2 nitrogen and oxygen atoms in total. The van der Waals surface area contributed by atoms with Crippen LogP contribution in [0.3, 0.4) is 0 Å². The topological polar surface area (TPSA) is 24.9 Å². The minimum absolute atomic E-state index is 0.198. The van der Waals surface area contributed by atoms with Gasteiger partial charge in [0.1, 0.15) is 5.01 Å². The van der Waals surface area contributed by atoms with E-state index >= 15 is 0 Å². The van der Waals surface area contributed by atoms with Gasteiger partial charge in [-0.05, 0) is 45.4 Å². The van der Waals surface area contributed by atoms with Crippen molar-refractivity contribution < 1.29 is 0 Å².